The van der Waals surface area contributed by atoms with Crippen molar-refractivity contribution in [2.24, 2.45) is 5.73 Å². The van der Waals surface area contributed by atoms with Crippen molar-refractivity contribution in [1.29, 1.82) is 0 Å². The number of carbonyl (C=O) groups excluding carboxylic acids is 1. The third-order valence-electron chi connectivity index (χ3n) is 5.14. The van der Waals surface area contributed by atoms with Crippen molar-refractivity contribution in [1.82, 2.24) is 14.7 Å². The van der Waals surface area contributed by atoms with Gasteiger partial charge in [0.05, 0.1) is 0 Å². The van der Waals surface area contributed by atoms with Crippen molar-refractivity contribution < 1.29 is 4.79 Å². The van der Waals surface area contributed by atoms with Gasteiger partial charge in [-0.1, -0.05) is 0 Å². The van der Waals surface area contributed by atoms with Crippen molar-refractivity contribution in [3.8, 4) is 0 Å². The monoisotopic (exact) mass is 310 g/mol. The van der Waals surface area contributed by atoms with Gasteiger partial charge in [0.1, 0.15) is 0 Å². The summed E-state index contributed by atoms with van der Waals surface area (Å²) in [5.74, 6) is 0.203. The smallest absolute Gasteiger partial charge is 0.224 e. The molecule has 5 heteroatoms. The topological polar surface area (TPSA) is 52.8 Å². The summed E-state index contributed by atoms with van der Waals surface area (Å²) < 4.78 is 0. The van der Waals surface area contributed by atoms with E-state index in [0.717, 1.165) is 51.4 Å². The molecule has 22 heavy (non-hydrogen) atoms. The summed E-state index contributed by atoms with van der Waals surface area (Å²) in [5.41, 5.74) is 5.54. The molecule has 2 aliphatic rings. The fraction of sp³-hybridized carbons (Fsp3) is 0.941. The number of hydrogen-bond donors (Lipinski definition) is 1. The zero-order chi connectivity index (χ0) is 16.3. The van der Waals surface area contributed by atoms with Crippen LogP contribution < -0.4 is 5.73 Å². The summed E-state index contributed by atoms with van der Waals surface area (Å²) in [5, 5.41) is 0. The van der Waals surface area contributed by atoms with Crippen LogP contribution in [0, 0.1) is 0 Å². The molecule has 0 saturated carbocycles. The summed E-state index contributed by atoms with van der Waals surface area (Å²) in [7, 11) is 0. The van der Waals surface area contributed by atoms with Crippen LogP contribution in [0.25, 0.3) is 0 Å². The maximum atomic E-state index is 12.2. The first kappa shape index (κ1) is 17.7. The van der Waals surface area contributed by atoms with E-state index in [4.69, 9.17) is 5.73 Å². The minimum absolute atomic E-state index is 0.203. The Morgan fingerprint density at radius 2 is 1.59 bits per heavy atom. The lowest BCUT2D eigenvalue weighted by atomic mass is 10.0. The van der Waals surface area contributed by atoms with Gasteiger partial charge in [0, 0.05) is 63.3 Å². The molecule has 2 saturated heterocycles. The van der Waals surface area contributed by atoms with Crippen molar-refractivity contribution in [2.45, 2.75) is 64.6 Å². The fourth-order valence-corrected chi connectivity index (χ4v) is 3.67. The second-order valence-electron chi connectivity index (χ2n) is 7.90. The Balaban J connectivity index is 1.70. The molecular weight excluding hydrogens is 276 g/mol. The van der Waals surface area contributed by atoms with Crippen LogP contribution in [0.4, 0.5) is 0 Å². The van der Waals surface area contributed by atoms with Gasteiger partial charge < -0.3 is 10.6 Å². The number of likely N-dealkylation sites (tertiary alicyclic amines) is 1. The first-order chi connectivity index (χ1) is 10.3. The van der Waals surface area contributed by atoms with E-state index >= 15 is 0 Å². The minimum atomic E-state index is -0.407. The zero-order valence-electron chi connectivity index (χ0n) is 14.8. The number of piperazine rings is 1. The number of hydrogen-bond acceptors (Lipinski definition) is 4. The molecule has 2 fully saturated rings. The molecule has 0 aromatic heterocycles. The maximum Gasteiger partial charge on any atom is 0.224 e. The number of nitrogens with zero attached hydrogens (tertiary/aromatic N) is 3. The lowest BCUT2D eigenvalue weighted by Gasteiger charge is -2.37. The summed E-state index contributed by atoms with van der Waals surface area (Å²) >= 11 is 0. The Morgan fingerprint density at radius 3 is 2.09 bits per heavy atom. The van der Waals surface area contributed by atoms with Gasteiger partial charge in [0.2, 0.25) is 5.91 Å². The summed E-state index contributed by atoms with van der Waals surface area (Å²) in [4.78, 5) is 19.3. The third-order valence-corrected chi connectivity index (χ3v) is 5.14. The highest BCUT2D eigenvalue weighted by molar-refractivity contribution is 5.77. The van der Waals surface area contributed by atoms with Crippen LogP contribution in [0.5, 0.6) is 0 Å². The standard InChI is InChI=1S/C17H34N4O/c1-14-5-6-15(2)21(14)12-9-19-7-10-20(11-8-19)16(22)13-17(3,4)18/h14-15H,5-13,18H2,1-4H3. The van der Waals surface area contributed by atoms with Gasteiger partial charge in [-0.15, -0.1) is 0 Å². The van der Waals surface area contributed by atoms with E-state index in [1.54, 1.807) is 0 Å². The third kappa shape index (κ3) is 4.93. The number of rotatable bonds is 5. The molecule has 2 heterocycles. The first-order valence-electron chi connectivity index (χ1n) is 8.81. The predicted octanol–water partition coefficient (Wildman–Crippen LogP) is 1.13. The van der Waals surface area contributed by atoms with Gasteiger partial charge in [-0.2, -0.15) is 0 Å². The normalized spacial score (nSPS) is 28.3. The molecule has 2 atom stereocenters. The van der Waals surface area contributed by atoms with E-state index in [1.165, 1.54) is 12.8 Å². The van der Waals surface area contributed by atoms with Gasteiger partial charge >= 0.3 is 0 Å². The average Bonchev–Trinajstić information content (AvgIpc) is 2.74. The fourth-order valence-electron chi connectivity index (χ4n) is 3.67. The largest absolute Gasteiger partial charge is 0.340 e. The molecular formula is C17H34N4O. The molecule has 0 aromatic rings. The Labute approximate surface area is 135 Å². The molecule has 0 radical (unpaired) electrons. The van der Waals surface area contributed by atoms with E-state index in [9.17, 15) is 4.79 Å². The number of nitrogens with two attached hydrogens (primary N) is 1. The molecule has 0 aromatic carbocycles. The second-order valence-corrected chi connectivity index (χ2v) is 7.90. The maximum absolute atomic E-state index is 12.2. The highest BCUT2D eigenvalue weighted by Crippen LogP contribution is 2.22. The van der Waals surface area contributed by atoms with E-state index in [0.29, 0.717) is 6.42 Å². The lowest BCUT2D eigenvalue weighted by Crippen LogP contribution is -2.52. The Bertz CT molecular complexity index is 361. The number of amides is 1. The molecule has 2 aliphatic heterocycles. The molecule has 0 bridgehead atoms. The Hall–Kier alpha value is -0.650. The van der Waals surface area contributed by atoms with Crippen molar-refractivity contribution >= 4 is 5.91 Å². The van der Waals surface area contributed by atoms with Crippen LogP contribution in [0.1, 0.15) is 47.0 Å². The molecule has 2 unspecified atom stereocenters. The molecule has 2 N–H and O–H groups in total. The molecule has 5 nitrogen and oxygen atoms in total. The SMILES string of the molecule is CC1CCC(C)N1CCN1CCN(C(=O)CC(C)(C)N)CC1. The zero-order valence-corrected chi connectivity index (χ0v) is 14.8. The van der Waals surface area contributed by atoms with Crippen LogP contribution in [0.3, 0.4) is 0 Å². The van der Waals surface area contributed by atoms with Gasteiger partial charge in [-0.25, -0.2) is 0 Å². The van der Waals surface area contributed by atoms with Gasteiger partial charge in [-0.3, -0.25) is 14.6 Å². The average molecular weight is 310 g/mol. The van der Waals surface area contributed by atoms with Crippen molar-refractivity contribution in [3.05, 3.63) is 0 Å². The van der Waals surface area contributed by atoms with E-state index < -0.39 is 5.54 Å². The van der Waals surface area contributed by atoms with Crippen molar-refractivity contribution in [3.63, 3.8) is 0 Å². The first-order valence-corrected chi connectivity index (χ1v) is 8.81. The molecule has 0 spiro atoms. The van der Waals surface area contributed by atoms with Crippen LogP contribution in [-0.2, 0) is 4.79 Å². The highest BCUT2D eigenvalue weighted by atomic mass is 16.2. The summed E-state index contributed by atoms with van der Waals surface area (Å²) in [6, 6.07) is 1.45. The lowest BCUT2D eigenvalue weighted by molar-refractivity contribution is -0.134. The molecule has 1 amide bonds. The number of carbonyl (C=O) groups is 1. The summed E-state index contributed by atoms with van der Waals surface area (Å²) in [6.45, 7) is 14.5. The van der Waals surface area contributed by atoms with Crippen molar-refractivity contribution in [2.75, 3.05) is 39.3 Å². The quantitative estimate of drug-likeness (QED) is 0.827. The predicted molar refractivity (Wildman–Crippen MR) is 90.8 cm³/mol. The minimum Gasteiger partial charge on any atom is -0.340 e. The molecule has 2 rings (SSSR count). The molecule has 128 valence electrons. The van der Waals surface area contributed by atoms with E-state index in [2.05, 4.69) is 23.6 Å². The van der Waals surface area contributed by atoms with Crippen LogP contribution >= 0.6 is 0 Å². The summed E-state index contributed by atoms with van der Waals surface area (Å²) in [6.07, 6.45) is 3.10. The molecule has 0 aliphatic carbocycles. The van der Waals surface area contributed by atoms with E-state index in [-0.39, 0.29) is 5.91 Å². The Morgan fingerprint density at radius 1 is 1.05 bits per heavy atom. The Kier molecular flexibility index (Phi) is 5.86. The van der Waals surface area contributed by atoms with Gasteiger partial charge in [0.15, 0.2) is 0 Å². The van der Waals surface area contributed by atoms with E-state index in [1.807, 2.05) is 18.7 Å². The van der Waals surface area contributed by atoms with Gasteiger partial charge in [0.25, 0.3) is 0 Å². The van der Waals surface area contributed by atoms with Gasteiger partial charge in [-0.05, 0) is 40.5 Å². The highest BCUT2D eigenvalue weighted by Gasteiger charge is 2.28. The van der Waals surface area contributed by atoms with Crippen LogP contribution in [0.2, 0.25) is 0 Å². The van der Waals surface area contributed by atoms with Crippen LogP contribution in [-0.4, -0.2) is 77.5 Å². The van der Waals surface area contributed by atoms with Crippen LogP contribution in [0.15, 0.2) is 0 Å². The second kappa shape index (κ2) is 7.28.